The van der Waals surface area contributed by atoms with E-state index in [0.717, 1.165) is 24.5 Å². The number of rotatable bonds is 4. The average Bonchev–Trinajstić information content (AvgIpc) is 3.03. The van der Waals surface area contributed by atoms with Crippen molar-refractivity contribution in [2.75, 3.05) is 36.4 Å². The van der Waals surface area contributed by atoms with Gasteiger partial charge in [0.1, 0.15) is 5.82 Å². The maximum Gasteiger partial charge on any atom is 0.255 e. The van der Waals surface area contributed by atoms with Crippen molar-refractivity contribution in [3.05, 3.63) is 54.1 Å². The molecule has 0 atom stereocenters. The minimum Gasteiger partial charge on any atom is -0.381 e. The molecule has 2 fully saturated rings. The summed E-state index contributed by atoms with van der Waals surface area (Å²) in [4.78, 5) is 21.3. The SMILES string of the molecule is O=C(c1cncc(NC2CCCCCC2)c1)N1CCN(c2ccc(F)cc2)CC1. The molecule has 1 aromatic heterocycles. The normalized spacial score (nSPS) is 18.4. The first-order chi connectivity index (χ1) is 14.2. The van der Waals surface area contributed by atoms with Crippen LogP contribution in [0.4, 0.5) is 15.8 Å². The van der Waals surface area contributed by atoms with Crippen LogP contribution in [0.3, 0.4) is 0 Å². The number of aromatic nitrogens is 1. The summed E-state index contributed by atoms with van der Waals surface area (Å²) in [5, 5.41) is 3.58. The van der Waals surface area contributed by atoms with Gasteiger partial charge in [-0.1, -0.05) is 25.7 Å². The molecular weight excluding hydrogens is 367 g/mol. The lowest BCUT2D eigenvalue weighted by atomic mass is 10.1. The highest BCUT2D eigenvalue weighted by molar-refractivity contribution is 5.95. The maximum absolute atomic E-state index is 13.1. The van der Waals surface area contributed by atoms with Crippen molar-refractivity contribution in [2.24, 2.45) is 0 Å². The number of hydrogen-bond acceptors (Lipinski definition) is 4. The fourth-order valence-corrected chi connectivity index (χ4v) is 4.30. The Bertz CT molecular complexity index is 810. The van der Waals surface area contributed by atoms with E-state index in [1.165, 1.54) is 50.7 Å². The van der Waals surface area contributed by atoms with E-state index in [1.807, 2.05) is 17.2 Å². The molecule has 1 N–H and O–H groups in total. The molecule has 1 aliphatic heterocycles. The second-order valence-electron chi connectivity index (χ2n) is 8.05. The monoisotopic (exact) mass is 396 g/mol. The summed E-state index contributed by atoms with van der Waals surface area (Å²) < 4.78 is 13.1. The molecular formula is C23H29FN4O. The number of nitrogens with one attached hydrogen (secondary N) is 1. The Balaban J connectivity index is 1.35. The zero-order valence-corrected chi connectivity index (χ0v) is 16.8. The van der Waals surface area contributed by atoms with Gasteiger partial charge in [0.25, 0.3) is 5.91 Å². The molecule has 1 saturated heterocycles. The second-order valence-corrected chi connectivity index (χ2v) is 8.05. The van der Waals surface area contributed by atoms with E-state index in [2.05, 4.69) is 15.2 Å². The molecule has 0 unspecified atom stereocenters. The highest BCUT2D eigenvalue weighted by Crippen LogP contribution is 2.22. The van der Waals surface area contributed by atoms with Gasteiger partial charge in [-0.2, -0.15) is 0 Å². The number of anilines is 2. The van der Waals surface area contributed by atoms with Crippen molar-refractivity contribution in [1.82, 2.24) is 9.88 Å². The lowest BCUT2D eigenvalue weighted by Gasteiger charge is -2.36. The van der Waals surface area contributed by atoms with Crippen LogP contribution in [0.5, 0.6) is 0 Å². The quantitative estimate of drug-likeness (QED) is 0.782. The average molecular weight is 397 g/mol. The van der Waals surface area contributed by atoms with Gasteiger partial charge in [0.2, 0.25) is 0 Å². The molecule has 0 bridgehead atoms. The molecule has 2 aliphatic rings. The minimum absolute atomic E-state index is 0.0285. The van der Waals surface area contributed by atoms with Crippen LogP contribution in [0.15, 0.2) is 42.7 Å². The summed E-state index contributed by atoms with van der Waals surface area (Å²) in [6.07, 6.45) is 11.0. The van der Waals surface area contributed by atoms with Crippen LogP contribution in [0, 0.1) is 5.82 Å². The van der Waals surface area contributed by atoms with Crippen molar-refractivity contribution in [2.45, 2.75) is 44.6 Å². The second kappa shape index (κ2) is 9.25. The highest BCUT2D eigenvalue weighted by atomic mass is 19.1. The molecule has 0 radical (unpaired) electrons. The first kappa shape index (κ1) is 19.7. The fourth-order valence-electron chi connectivity index (χ4n) is 4.30. The third-order valence-corrected chi connectivity index (χ3v) is 5.97. The number of benzene rings is 1. The molecule has 0 spiro atoms. The Hall–Kier alpha value is -2.63. The van der Waals surface area contributed by atoms with E-state index in [-0.39, 0.29) is 11.7 Å². The van der Waals surface area contributed by atoms with Crippen LogP contribution in [-0.4, -0.2) is 48.0 Å². The van der Waals surface area contributed by atoms with Crippen molar-refractivity contribution < 1.29 is 9.18 Å². The van der Waals surface area contributed by atoms with Crippen LogP contribution < -0.4 is 10.2 Å². The van der Waals surface area contributed by atoms with E-state index in [9.17, 15) is 9.18 Å². The summed E-state index contributed by atoms with van der Waals surface area (Å²) in [6.45, 7) is 2.78. The smallest absolute Gasteiger partial charge is 0.255 e. The number of amides is 1. The van der Waals surface area contributed by atoms with Gasteiger partial charge in [0, 0.05) is 50.3 Å². The predicted octanol–water partition coefficient (Wildman–Crippen LogP) is 4.32. The molecule has 5 nitrogen and oxygen atoms in total. The van der Waals surface area contributed by atoms with Gasteiger partial charge in [-0.3, -0.25) is 9.78 Å². The Morgan fingerprint density at radius 2 is 1.66 bits per heavy atom. The molecule has 1 amide bonds. The van der Waals surface area contributed by atoms with Gasteiger partial charge in [-0.15, -0.1) is 0 Å². The first-order valence-electron chi connectivity index (χ1n) is 10.7. The van der Waals surface area contributed by atoms with Crippen LogP contribution in [0.2, 0.25) is 0 Å². The molecule has 2 heterocycles. The highest BCUT2D eigenvalue weighted by Gasteiger charge is 2.23. The number of pyridine rings is 1. The van der Waals surface area contributed by atoms with Gasteiger partial charge in [0.05, 0.1) is 11.3 Å². The van der Waals surface area contributed by atoms with E-state index < -0.39 is 0 Å². The number of carbonyl (C=O) groups is 1. The van der Waals surface area contributed by atoms with E-state index in [4.69, 9.17) is 0 Å². The lowest BCUT2D eigenvalue weighted by Crippen LogP contribution is -2.48. The number of carbonyl (C=O) groups excluding carboxylic acids is 1. The van der Waals surface area contributed by atoms with Crippen LogP contribution in [-0.2, 0) is 0 Å². The summed E-state index contributed by atoms with van der Waals surface area (Å²) in [5.74, 6) is -0.201. The van der Waals surface area contributed by atoms with Crippen molar-refractivity contribution >= 4 is 17.3 Å². The summed E-state index contributed by atoms with van der Waals surface area (Å²) >= 11 is 0. The Morgan fingerprint density at radius 1 is 0.966 bits per heavy atom. The van der Waals surface area contributed by atoms with E-state index in [1.54, 1.807) is 18.3 Å². The molecule has 4 rings (SSSR count). The first-order valence-corrected chi connectivity index (χ1v) is 10.7. The molecule has 6 heteroatoms. The summed E-state index contributed by atoms with van der Waals surface area (Å²) in [6, 6.07) is 8.95. The summed E-state index contributed by atoms with van der Waals surface area (Å²) in [7, 11) is 0. The number of piperazine rings is 1. The van der Waals surface area contributed by atoms with Gasteiger partial charge < -0.3 is 15.1 Å². The zero-order chi connectivity index (χ0) is 20.1. The topological polar surface area (TPSA) is 48.5 Å². The van der Waals surface area contributed by atoms with E-state index >= 15 is 0 Å². The standard InChI is InChI=1S/C23H29FN4O/c24-19-7-9-22(10-8-19)27-11-13-28(14-12-27)23(29)18-15-21(17-25-16-18)26-20-5-3-1-2-4-6-20/h7-10,15-17,20,26H,1-6,11-14H2. The molecule has 1 saturated carbocycles. The van der Waals surface area contributed by atoms with Gasteiger partial charge in [0.15, 0.2) is 0 Å². The fraction of sp³-hybridized carbons (Fsp3) is 0.478. The Labute approximate surface area is 171 Å². The molecule has 1 aromatic carbocycles. The summed E-state index contributed by atoms with van der Waals surface area (Å²) in [5.41, 5.74) is 2.57. The van der Waals surface area contributed by atoms with Gasteiger partial charge >= 0.3 is 0 Å². The Morgan fingerprint density at radius 3 is 2.34 bits per heavy atom. The third-order valence-electron chi connectivity index (χ3n) is 5.97. The number of hydrogen-bond donors (Lipinski definition) is 1. The molecule has 2 aromatic rings. The third kappa shape index (κ3) is 5.05. The largest absolute Gasteiger partial charge is 0.381 e. The maximum atomic E-state index is 13.1. The van der Waals surface area contributed by atoms with Crippen molar-refractivity contribution in [1.29, 1.82) is 0 Å². The molecule has 1 aliphatic carbocycles. The molecule has 154 valence electrons. The number of nitrogens with zero attached hydrogens (tertiary/aromatic N) is 3. The zero-order valence-electron chi connectivity index (χ0n) is 16.8. The van der Waals surface area contributed by atoms with Gasteiger partial charge in [-0.25, -0.2) is 4.39 Å². The Kier molecular flexibility index (Phi) is 6.27. The predicted molar refractivity (Wildman–Crippen MR) is 114 cm³/mol. The van der Waals surface area contributed by atoms with Crippen LogP contribution >= 0.6 is 0 Å². The van der Waals surface area contributed by atoms with Crippen molar-refractivity contribution in [3.63, 3.8) is 0 Å². The molecule has 29 heavy (non-hydrogen) atoms. The van der Waals surface area contributed by atoms with E-state index in [0.29, 0.717) is 24.7 Å². The minimum atomic E-state index is -0.229. The van der Waals surface area contributed by atoms with Crippen molar-refractivity contribution in [3.8, 4) is 0 Å². The van der Waals surface area contributed by atoms with Gasteiger partial charge in [-0.05, 0) is 43.2 Å². The lowest BCUT2D eigenvalue weighted by molar-refractivity contribution is 0.0746. The van der Waals surface area contributed by atoms with Crippen LogP contribution in [0.25, 0.3) is 0 Å². The van der Waals surface area contributed by atoms with Crippen LogP contribution in [0.1, 0.15) is 48.9 Å². The number of halogens is 1.